The molecule has 2 fully saturated rings. The highest BCUT2D eigenvalue weighted by molar-refractivity contribution is 6.22. The Kier molecular flexibility index (Phi) is 5.64. The zero-order chi connectivity index (χ0) is 23.5. The molecule has 2 aromatic carbocycles. The van der Waals surface area contributed by atoms with E-state index < -0.39 is 23.4 Å². The number of nitrogens with zero attached hydrogens (tertiary/aromatic N) is 4. The van der Waals surface area contributed by atoms with Crippen LogP contribution >= 0.6 is 0 Å². The van der Waals surface area contributed by atoms with Gasteiger partial charge >= 0.3 is 6.03 Å². The van der Waals surface area contributed by atoms with Crippen LogP contribution in [-0.4, -0.2) is 58.9 Å². The number of carbonyl (C=O) groups excluding carboxylic acids is 3. The van der Waals surface area contributed by atoms with Crippen LogP contribution in [0.2, 0.25) is 0 Å². The summed E-state index contributed by atoms with van der Waals surface area (Å²) < 4.78 is 5.84. The Morgan fingerprint density at radius 2 is 1.32 bits per heavy atom. The van der Waals surface area contributed by atoms with E-state index in [4.69, 9.17) is 4.74 Å². The maximum atomic E-state index is 13.3. The number of piperazine rings is 1. The molecule has 0 aliphatic carbocycles. The predicted octanol–water partition coefficient (Wildman–Crippen LogP) is 1.65. The summed E-state index contributed by atoms with van der Waals surface area (Å²) in [5.41, 5.74) is -1.25. The molecule has 0 unspecified atom stereocenters. The lowest BCUT2D eigenvalue weighted by Crippen LogP contribution is -2.73. The molecular weight excluding hydrogens is 436 g/mol. The van der Waals surface area contributed by atoms with Crippen molar-refractivity contribution in [1.29, 1.82) is 0 Å². The highest BCUT2D eigenvalue weighted by atomic mass is 16.5. The fourth-order valence-electron chi connectivity index (χ4n) is 4.34. The normalized spacial score (nSPS) is 18.2. The van der Waals surface area contributed by atoms with Gasteiger partial charge in [0.2, 0.25) is 11.5 Å². The number of para-hydroxylation sites is 1. The van der Waals surface area contributed by atoms with Crippen molar-refractivity contribution < 1.29 is 19.1 Å². The number of rotatable bonds is 5. The van der Waals surface area contributed by atoms with Crippen LogP contribution in [-0.2, 0) is 15.1 Å². The van der Waals surface area contributed by atoms with Crippen LogP contribution in [0.5, 0.6) is 11.5 Å². The van der Waals surface area contributed by atoms with Gasteiger partial charge in [-0.25, -0.2) is 14.8 Å². The number of barbiturate groups is 1. The third-order valence-corrected chi connectivity index (χ3v) is 5.95. The molecule has 10 nitrogen and oxygen atoms in total. The smallest absolute Gasteiger partial charge is 0.328 e. The second kappa shape index (κ2) is 8.91. The summed E-state index contributed by atoms with van der Waals surface area (Å²) in [5, 5.41) is 4.55. The van der Waals surface area contributed by atoms with Crippen LogP contribution < -0.4 is 20.3 Å². The van der Waals surface area contributed by atoms with Gasteiger partial charge in [-0.3, -0.25) is 25.1 Å². The number of ether oxygens (including phenoxy) is 1. The van der Waals surface area contributed by atoms with Gasteiger partial charge in [0.1, 0.15) is 11.5 Å². The summed E-state index contributed by atoms with van der Waals surface area (Å²) in [6.07, 6.45) is 3.34. The van der Waals surface area contributed by atoms with Gasteiger partial charge in [0.05, 0.1) is 0 Å². The van der Waals surface area contributed by atoms with Crippen molar-refractivity contribution in [3.63, 3.8) is 0 Å². The van der Waals surface area contributed by atoms with Crippen molar-refractivity contribution in [2.45, 2.75) is 5.54 Å². The van der Waals surface area contributed by atoms with E-state index in [0.717, 1.165) is 0 Å². The number of urea groups is 1. The Hall–Kier alpha value is -4.31. The van der Waals surface area contributed by atoms with E-state index in [2.05, 4.69) is 20.6 Å². The van der Waals surface area contributed by atoms with Crippen molar-refractivity contribution in [2.24, 2.45) is 0 Å². The first-order chi connectivity index (χ1) is 16.6. The molecule has 1 aromatic heterocycles. The number of hydrogen-bond acceptors (Lipinski definition) is 8. The van der Waals surface area contributed by atoms with Gasteiger partial charge in [0.15, 0.2) is 0 Å². The Labute approximate surface area is 195 Å². The maximum absolute atomic E-state index is 13.3. The van der Waals surface area contributed by atoms with Gasteiger partial charge in [-0.1, -0.05) is 30.3 Å². The summed E-state index contributed by atoms with van der Waals surface area (Å²) in [7, 11) is 0. The molecule has 2 saturated heterocycles. The lowest BCUT2D eigenvalue weighted by molar-refractivity contribution is -0.149. The van der Waals surface area contributed by atoms with Gasteiger partial charge in [0.25, 0.3) is 11.8 Å². The third kappa shape index (κ3) is 3.84. The second-order valence-corrected chi connectivity index (χ2v) is 7.91. The fourth-order valence-corrected chi connectivity index (χ4v) is 4.34. The highest BCUT2D eigenvalue weighted by Gasteiger charge is 2.56. The molecule has 0 spiro atoms. The number of amides is 4. The molecule has 3 heterocycles. The molecule has 3 aromatic rings. The van der Waals surface area contributed by atoms with E-state index in [-0.39, 0.29) is 0 Å². The van der Waals surface area contributed by atoms with Crippen molar-refractivity contribution in [3.8, 4) is 11.5 Å². The first-order valence-corrected chi connectivity index (χ1v) is 10.8. The molecule has 2 aliphatic rings. The van der Waals surface area contributed by atoms with Crippen LogP contribution in [0, 0.1) is 0 Å². The molecule has 0 radical (unpaired) electrons. The van der Waals surface area contributed by atoms with Crippen molar-refractivity contribution in [3.05, 3.63) is 78.6 Å². The summed E-state index contributed by atoms with van der Waals surface area (Å²) in [6.45, 7) is 1.79. The van der Waals surface area contributed by atoms with Gasteiger partial charge in [0, 0.05) is 38.6 Å². The molecule has 34 heavy (non-hydrogen) atoms. The minimum absolute atomic E-state index is 0.384. The minimum Gasteiger partial charge on any atom is -0.457 e. The number of benzene rings is 2. The van der Waals surface area contributed by atoms with Gasteiger partial charge in [-0.15, -0.1) is 0 Å². The molecule has 5 rings (SSSR count). The summed E-state index contributed by atoms with van der Waals surface area (Å²) >= 11 is 0. The molecule has 2 N–H and O–H groups in total. The average molecular weight is 458 g/mol. The lowest BCUT2D eigenvalue weighted by atomic mass is 9.84. The van der Waals surface area contributed by atoms with E-state index in [1.807, 2.05) is 35.2 Å². The van der Waals surface area contributed by atoms with E-state index >= 15 is 0 Å². The second-order valence-electron chi connectivity index (χ2n) is 7.91. The number of nitrogens with one attached hydrogen (secondary N) is 2. The molecule has 10 heteroatoms. The van der Waals surface area contributed by atoms with Crippen LogP contribution in [0.3, 0.4) is 0 Å². The van der Waals surface area contributed by atoms with E-state index in [1.54, 1.807) is 47.6 Å². The minimum atomic E-state index is -1.69. The van der Waals surface area contributed by atoms with Crippen LogP contribution in [0.4, 0.5) is 10.7 Å². The van der Waals surface area contributed by atoms with Gasteiger partial charge in [-0.05, 0) is 35.9 Å². The monoisotopic (exact) mass is 458 g/mol. The number of imide groups is 2. The van der Waals surface area contributed by atoms with E-state index in [1.165, 1.54) is 0 Å². The number of anilines is 1. The zero-order valence-corrected chi connectivity index (χ0v) is 18.2. The topological polar surface area (TPSA) is 117 Å². The Morgan fingerprint density at radius 1 is 0.735 bits per heavy atom. The zero-order valence-electron chi connectivity index (χ0n) is 18.2. The Balaban J connectivity index is 1.44. The largest absolute Gasteiger partial charge is 0.457 e. The summed E-state index contributed by atoms with van der Waals surface area (Å²) in [4.78, 5) is 50.7. The molecule has 4 amide bonds. The van der Waals surface area contributed by atoms with Gasteiger partial charge < -0.3 is 9.64 Å². The molecule has 0 atom stereocenters. The number of carbonyl (C=O) groups is 3. The summed E-state index contributed by atoms with van der Waals surface area (Å²) in [5.74, 6) is 0.461. The molecule has 2 aliphatic heterocycles. The Bertz CT molecular complexity index is 1180. The Morgan fingerprint density at radius 3 is 1.94 bits per heavy atom. The number of aromatic nitrogens is 2. The first-order valence-electron chi connectivity index (χ1n) is 10.8. The quantitative estimate of drug-likeness (QED) is 0.555. The van der Waals surface area contributed by atoms with Crippen LogP contribution in [0.1, 0.15) is 5.56 Å². The molecule has 0 bridgehead atoms. The van der Waals surface area contributed by atoms with Crippen molar-refractivity contribution >= 4 is 23.8 Å². The molecule has 172 valence electrons. The van der Waals surface area contributed by atoms with Crippen molar-refractivity contribution in [2.75, 3.05) is 31.1 Å². The molecular formula is C24H22N6O4. The maximum Gasteiger partial charge on any atom is 0.328 e. The SMILES string of the molecule is O=C1NC(=O)C(c2ccc(Oc3ccccc3)cc2)(N2CCN(c3ncccn3)CC2)C(=O)N1. The third-order valence-electron chi connectivity index (χ3n) is 5.95. The first kappa shape index (κ1) is 21.5. The predicted molar refractivity (Wildman–Crippen MR) is 122 cm³/mol. The van der Waals surface area contributed by atoms with E-state index in [0.29, 0.717) is 49.2 Å². The van der Waals surface area contributed by atoms with Crippen LogP contribution in [0.15, 0.2) is 73.1 Å². The highest BCUT2D eigenvalue weighted by Crippen LogP contribution is 2.34. The van der Waals surface area contributed by atoms with Crippen LogP contribution in [0.25, 0.3) is 0 Å². The lowest BCUT2D eigenvalue weighted by Gasteiger charge is -2.46. The number of hydrogen-bond donors (Lipinski definition) is 2. The van der Waals surface area contributed by atoms with Gasteiger partial charge in [-0.2, -0.15) is 0 Å². The summed E-state index contributed by atoms with van der Waals surface area (Å²) in [6, 6.07) is 17.0. The standard InChI is InChI=1S/C24H22N6O4/c31-20-24(21(32)28-23(33)27-20,30-15-13-29(14-16-30)22-25-11-4-12-26-22)17-7-9-19(10-8-17)34-18-5-2-1-3-6-18/h1-12H,13-16H2,(H2,27,28,31,32,33). The van der Waals surface area contributed by atoms with Crippen molar-refractivity contribution in [1.82, 2.24) is 25.5 Å². The van der Waals surface area contributed by atoms with E-state index in [9.17, 15) is 14.4 Å². The molecule has 0 saturated carbocycles. The average Bonchev–Trinajstić information content (AvgIpc) is 2.86. The fraction of sp³-hybridized carbons (Fsp3) is 0.208.